The Bertz CT molecular complexity index is 736. The number of unbranched alkanes of at least 4 members (excludes halogenated alkanes) is 8. The Kier molecular flexibility index (Phi) is 32.9. The number of aliphatic hydroxyl groups excluding tert-OH is 2. The van der Waals surface area contributed by atoms with Crippen LogP contribution in [0.1, 0.15) is 110 Å². The Morgan fingerprint density at radius 1 is 0.438 bits per heavy atom. The van der Waals surface area contributed by atoms with Gasteiger partial charge in [0.15, 0.2) is 0 Å². The lowest BCUT2D eigenvalue weighted by Crippen LogP contribution is -2.31. The normalized spacial score (nSPS) is 11.2. The van der Waals surface area contributed by atoms with Crippen molar-refractivity contribution >= 4 is 23.9 Å². The number of carbonyl (C=O) groups is 4. The van der Waals surface area contributed by atoms with Crippen molar-refractivity contribution in [2.45, 2.75) is 110 Å². The zero-order valence-electron chi connectivity index (χ0n) is 30.0. The lowest BCUT2D eigenvalue weighted by molar-refractivity contribution is -0.146. The maximum absolute atomic E-state index is 12.3. The topological polar surface area (TPSA) is 161 Å². The van der Waals surface area contributed by atoms with Crippen molar-refractivity contribution in [2.24, 2.45) is 0 Å². The average Bonchev–Trinajstić information content (AvgIpc) is 3.08. The van der Waals surface area contributed by atoms with Crippen molar-refractivity contribution < 1.29 is 53.1 Å². The van der Waals surface area contributed by atoms with Crippen molar-refractivity contribution in [1.82, 2.24) is 9.80 Å². The predicted octanol–water partition coefficient (Wildman–Crippen LogP) is 3.66. The molecule has 0 atom stereocenters. The van der Waals surface area contributed by atoms with Crippen LogP contribution in [0.3, 0.4) is 0 Å². The van der Waals surface area contributed by atoms with Crippen molar-refractivity contribution in [2.75, 3.05) is 92.6 Å². The van der Waals surface area contributed by atoms with Crippen molar-refractivity contribution in [3.05, 3.63) is 0 Å². The third-order valence-electron chi connectivity index (χ3n) is 7.67. The Labute approximate surface area is 288 Å². The second kappa shape index (κ2) is 34.5. The summed E-state index contributed by atoms with van der Waals surface area (Å²) in [6, 6.07) is 0. The van der Waals surface area contributed by atoms with Gasteiger partial charge >= 0.3 is 23.9 Å². The molecule has 0 heterocycles. The minimum atomic E-state index is -0.300. The molecule has 0 aliphatic carbocycles. The van der Waals surface area contributed by atoms with Crippen LogP contribution in [-0.2, 0) is 42.9 Å². The molecule has 48 heavy (non-hydrogen) atoms. The van der Waals surface area contributed by atoms with Gasteiger partial charge in [0.1, 0.15) is 6.61 Å². The van der Waals surface area contributed by atoms with Crippen LogP contribution in [0.25, 0.3) is 0 Å². The molecule has 13 heteroatoms. The fraction of sp³-hybridized carbons (Fsp3) is 0.886. The van der Waals surface area contributed by atoms with E-state index in [1.807, 2.05) is 6.92 Å². The van der Waals surface area contributed by atoms with Gasteiger partial charge in [0, 0.05) is 46.5 Å². The van der Waals surface area contributed by atoms with Gasteiger partial charge in [0.05, 0.1) is 52.1 Å². The van der Waals surface area contributed by atoms with E-state index in [1.54, 1.807) is 7.11 Å². The molecule has 0 rings (SSSR count). The summed E-state index contributed by atoms with van der Waals surface area (Å²) in [5.74, 6) is -1.06. The molecule has 0 amide bonds. The fourth-order valence-electron chi connectivity index (χ4n) is 4.70. The molecule has 0 fully saturated rings. The fourth-order valence-corrected chi connectivity index (χ4v) is 4.70. The highest BCUT2D eigenvalue weighted by Gasteiger charge is 2.14. The molecule has 0 aromatic rings. The van der Waals surface area contributed by atoms with Crippen molar-refractivity contribution in [1.29, 1.82) is 0 Å². The first-order valence-electron chi connectivity index (χ1n) is 18.1. The molecular formula is C35H66N2O11. The molecule has 0 saturated heterocycles. The molecule has 0 unspecified atom stereocenters. The number of ether oxygens (including phenoxy) is 5. The van der Waals surface area contributed by atoms with Crippen molar-refractivity contribution in [3.63, 3.8) is 0 Å². The molecule has 13 nitrogen and oxygen atoms in total. The van der Waals surface area contributed by atoms with Crippen LogP contribution >= 0.6 is 0 Å². The highest BCUT2D eigenvalue weighted by Crippen LogP contribution is 2.07. The van der Waals surface area contributed by atoms with Gasteiger partial charge in [-0.05, 0) is 83.7 Å². The van der Waals surface area contributed by atoms with E-state index in [1.165, 1.54) is 0 Å². The SMILES string of the molecule is CCCCOC(=O)CCN(CCCCCO)CCC(=O)OCCCCCCOC(=O)CCN(CCCCCO)CCC(=O)OCCOC. The zero-order chi connectivity index (χ0) is 35.5. The standard InChI is InChI=1S/C35H66N2O11/c1-3-4-27-45-32(40)15-21-36(19-9-7-11-25-38)22-16-33(41)46-28-13-5-6-14-29-47-34(42)17-23-37(20-10-8-12-26-39)24-18-35(43)48-31-30-44-2/h38-39H,3-31H2,1-2H3. The second-order valence-electron chi connectivity index (χ2n) is 11.9. The van der Waals surface area contributed by atoms with E-state index >= 15 is 0 Å². The molecule has 0 saturated carbocycles. The third-order valence-corrected chi connectivity index (χ3v) is 7.67. The maximum Gasteiger partial charge on any atom is 0.307 e. The summed E-state index contributed by atoms with van der Waals surface area (Å²) in [7, 11) is 1.54. The quantitative estimate of drug-likeness (QED) is 0.0564. The van der Waals surface area contributed by atoms with Gasteiger partial charge in [-0.3, -0.25) is 19.2 Å². The van der Waals surface area contributed by atoms with Gasteiger partial charge in [0.25, 0.3) is 0 Å². The van der Waals surface area contributed by atoms with Crippen LogP contribution in [0.2, 0.25) is 0 Å². The number of hydrogen-bond donors (Lipinski definition) is 2. The molecule has 0 aliphatic heterocycles. The Morgan fingerprint density at radius 3 is 1.15 bits per heavy atom. The first-order chi connectivity index (χ1) is 23.4. The molecule has 0 bridgehead atoms. The number of aliphatic hydroxyl groups is 2. The van der Waals surface area contributed by atoms with E-state index in [0.29, 0.717) is 52.6 Å². The molecular weight excluding hydrogens is 624 g/mol. The molecule has 0 aromatic carbocycles. The zero-order valence-corrected chi connectivity index (χ0v) is 30.0. The van der Waals surface area contributed by atoms with E-state index < -0.39 is 0 Å². The monoisotopic (exact) mass is 690 g/mol. The van der Waals surface area contributed by atoms with E-state index in [4.69, 9.17) is 33.9 Å². The Hall–Kier alpha value is -2.32. The van der Waals surface area contributed by atoms with Crippen LogP contribution in [0.5, 0.6) is 0 Å². The lowest BCUT2D eigenvalue weighted by Gasteiger charge is -2.21. The molecule has 0 aliphatic rings. The van der Waals surface area contributed by atoms with Gasteiger partial charge in [0.2, 0.25) is 0 Å². The van der Waals surface area contributed by atoms with Crippen LogP contribution in [0, 0.1) is 0 Å². The summed E-state index contributed by atoms with van der Waals surface area (Å²) in [4.78, 5) is 52.7. The number of nitrogens with zero attached hydrogens (tertiary/aromatic N) is 2. The summed E-state index contributed by atoms with van der Waals surface area (Å²) in [5.41, 5.74) is 0. The Morgan fingerprint density at radius 2 is 0.792 bits per heavy atom. The predicted molar refractivity (Wildman–Crippen MR) is 182 cm³/mol. The minimum Gasteiger partial charge on any atom is -0.466 e. The smallest absolute Gasteiger partial charge is 0.307 e. The Balaban J connectivity index is 4.16. The second-order valence-corrected chi connectivity index (χ2v) is 11.9. The largest absolute Gasteiger partial charge is 0.466 e. The molecule has 2 N–H and O–H groups in total. The average molecular weight is 691 g/mol. The van der Waals surface area contributed by atoms with E-state index in [9.17, 15) is 19.2 Å². The van der Waals surface area contributed by atoms with Crippen molar-refractivity contribution in [3.8, 4) is 0 Å². The van der Waals surface area contributed by atoms with Crippen LogP contribution in [0.15, 0.2) is 0 Å². The third kappa shape index (κ3) is 31.0. The highest BCUT2D eigenvalue weighted by atomic mass is 16.6. The van der Waals surface area contributed by atoms with E-state index in [2.05, 4.69) is 9.80 Å². The maximum atomic E-state index is 12.3. The number of carbonyl (C=O) groups excluding carboxylic acids is 4. The van der Waals surface area contributed by atoms with Crippen LogP contribution in [-0.4, -0.2) is 137 Å². The summed E-state index contributed by atoms with van der Waals surface area (Å²) in [6.45, 7) is 7.52. The molecule has 0 spiro atoms. The summed E-state index contributed by atoms with van der Waals surface area (Å²) in [5, 5.41) is 18.0. The first-order valence-corrected chi connectivity index (χ1v) is 18.1. The highest BCUT2D eigenvalue weighted by molar-refractivity contribution is 5.71. The lowest BCUT2D eigenvalue weighted by atomic mass is 10.2. The minimum absolute atomic E-state index is 0.150. The summed E-state index contributed by atoms with van der Waals surface area (Å²) in [6.07, 6.45) is 10.9. The molecule has 282 valence electrons. The van der Waals surface area contributed by atoms with Gasteiger partial charge in [-0.2, -0.15) is 0 Å². The van der Waals surface area contributed by atoms with Gasteiger partial charge in [-0.1, -0.05) is 13.3 Å². The van der Waals surface area contributed by atoms with E-state index in [0.717, 1.165) is 90.1 Å². The summed E-state index contributed by atoms with van der Waals surface area (Å²) >= 11 is 0. The number of methoxy groups -OCH3 is 1. The number of hydrogen-bond acceptors (Lipinski definition) is 13. The first kappa shape index (κ1) is 45.7. The van der Waals surface area contributed by atoms with Gasteiger partial charge in [-0.25, -0.2) is 0 Å². The molecule has 0 radical (unpaired) electrons. The number of rotatable bonds is 35. The van der Waals surface area contributed by atoms with Crippen LogP contribution < -0.4 is 0 Å². The van der Waals surface area contributed by atoms with E-state index in [-0.39, 0.29) is 69.4 Å². The molecule has 0 aromatic heterocycles. The van der Waals surface area contributed by atoms with Crippen LogP contribution in [0.4, 0.5) is 0 Å². The van der Waals surface area contributed by atoms with Gasteiger partial charge < -0.3 is 43.7 Å². The van der Waals surface area contributed by atoms with Gasteiger partial charge in [-0.15, -0.1) is 0 Å². The summed E-state index contributed by atoms with van der Waals surface area (Å²) < 4.78 is 26.0. The number of esters is 4.